The number of nitrogens with one attached hydrogen (secondary N) is 1. The van der Waals surface area contributed by atoms with Gasteiger partial charge >= 0.3 is 0 Å². The summed E-state index contributed by atoms with van der Waals surface area (Å²) in [6.45, 7) is 0.108. The molecule has 8 heteroatoms. The molecule has 2 heterocycles. The van der Waals surface area contributed by atoms with Crippen molar-refractivity contribution in [2.24, 2.45) is 5.73 Å². The van der Waals surface area contributed by atoms with Gasteiger partial charge in [0, 0.05) is 16.0 Å². The summed E-state index contributed by atoms with van der Waals surface area (Å²) in [4.78, 5) is 24.2. The van der Waals surface area contributed by atoms with Gasteiger partial charge in [0.05, 0.1) is 0 Å². The van der Waals surface area contributed by atoms with Gasteiger partial charge in [0.2, 0.25) is 12.6 Å². The summed E-state index contributed by atoms with van der Waals surface area (Å²) >= 11 is 6.00. The van der Waals surface area contributed by atoms with Crippen LogP contribution in [0.3, 0.4) is 0 Å². The summed E-state index contributed by atoms with van der Waals surface area (Å²) in [5.41, 5.74) is 6.24. The van der Waals surface area contributed by atoms with Crippen LogP contribution in [-0.2, 0) is 0 Å². The number of hydrogen-bond acceptors (Lipinski definition) is 5. The van der Waals surface area contributed by atoms with Crippen molar-refractivity contribution in [2.45, 2.75) is 0 Å². The predicted octanol–water partition coefficient (Wildman–Crippen LogP) is 3.17. The Balaban J connectivity index is 1.74. The maximum Gasteiger partial charge on any atom is 0.286 e. The molecule has 0 fully saturated rings. The molecule has 2 amide bonds. The van der Waals surface area contributed by atoms with Crippen LogP contribution in [0, 0.1) is 0 Å². The average molecular weight is 359 g/mol. The van der Waals surface area contributed by atoms with Gasteiger partial charge < -0.3 is 24.9 Å². The smallest absolute Gasteiger partial charge is 0.286 e. The molecule has 3 aromatic rings. The fraction of sp³-hybridized carbons (Fsp3) is 0.0588. The second-order valence-electron chi connectivity index (χ2n) is 5.33. The largest absolute Gasteiger partial charge is 0.454 e. The molecule has 0 spiro atoms. The van der Waals surface area contributed by atoms with Crippen LogP contribution in [0.1, 0.15) is 20.9 Å². The third-order valence-corrected chi connectivity index (χ3v) is 3.98. The maximum atomic E-state index is 12.6. The molecule has 7 nitrogen and oxygen atoms in total. The summed E-state index contributed by atoms with van der Waals surface area (Å²) in [5, 5.41) is 3.58. The molecule has 2 aromatic carbocycles. The van der Waals surface area contributed by atoms with Crippen molar-refractivity contribution in [3.05, 3.63) is 52.7 Å². The SMILES string of the molecule is NC(=O)c1oc2ccc(Cl)cc2c1NC(=O)c1ccc2c(c1)OCO2. The Morgan fingerprint density at radius 2 is 1.88 bits per heavy atom. The lowest BCUT2D eigenvalue weighted by molar-refractivity contribution is 0.0977. The van der Waals surface area contributed by atoms with Crippen LogP contribution >= 0.6 is 11.6 Å². The first kappa shape index (κ1) is 15.3. The number of hydrogen-bond donors (Lipinski definition) is 2. The first-order chi connectivity index (χ1) is 12.0. The van der Waals surface area contributed by atoms with E-state index in [0.717, 1.165) is 0 Å². The number of carbonyl (C=O) groups is 2. The van der Waals surface area contributed by atoms with Gasteiger partial charge in [0.1, 0.15) is 11.3 Å². The molecular formula is C17H11ClN2O5. The van der Waals surface area contributed by atoms with Crippen molar-refractivity contribution in [1.82, 2.24) is 0 Å². The fourth-order valence-electron chi connectivity index (χ4n) is 2.59. The Kier molecular flexibility index (Phi) is 3.51. The average Bonchev–Trinajstić information content (AvgIpc) is 3.19. The third kappa shape index (κ3) is 2.64. The van der Waals surface area contributed by atoms with Crippen LogP contribution in [0.5, 0.6) is 11.5 Å². The number of halogens is 1. The van der Waals surface area contributed by atoms with E-state index in [0.29, 0.717) is 33.1 Å². The van der Waals surface area contributed by atoms with Gasteiger partial charge in [-0.05, 0) is 36.4 Å². The number of rotatable bonds is 3. The van der Waals surface area contributed by atoms with E-state index in [2.05, 4.69) is 5.32 Å². The zero-order chi connectivity index (χ0) is 17.6. The van der Waals surface area contributed by atoms with E-state index < -0.39 is 11.8 Å². The number of furan rings is 1. The normalized spacial score (nSPS) is 12.4. The lowest BCUT2D eigenvalue weighted by Gasteiger charge is -2.06. The molecule has 1 aromatic heterocycles. The second kappa shape index (κ2) is 5.71. The molecule has 0 bridgehead atoms. The summed E-state index contributed by atoms with van der Waals surface area (Å²) in [6, 6.07) is 9.57. The molecule has 0 aliphatic carbocycles. The van der Waals surface area contributed by atoms with Gasteiger partial charge in [-0.1, -0.05) is 11.6 Å². The Labute approximate surface area is 146 Å². The van der Waals surface area contributed by atoms with E-state index in [1.54, 1.807) is 36.4 Å². The molecule has 0 atom stereocenters. The van der Waals surface area contributed by atoms with Crippen molar-refractivity contribution < 1.29 is 23.5 Å². The van der Waals surface area contributed by atoms with Crippen LogP contribution in [0.4, 0.5) is 5.69 Å². The van der Waals surface area contributed by atoms with Crippen molar-refractivity contribution in [1.29, 1.82) is 0 Å². The molecule has 126 valence electrons. The highest BCUT2D eigenvalue weighted by molar-refractivity contribution is 6.31. The van der Waals surface area contributed by atoms with Crippen molar-refractivity contribution in [3.63, 3.8) is 0 Å². The van der Waals surface area contributed by atoms with Gasteiger partial charge in [0.25, 0.3) is 11.8 Å². The first-order valence-electron chi connectivity index (χ1n) is 7.26. The van der Waals surface area contributed by atoms with Gasteiger partial charge in [-0.2, -0.15) is 0 Å². The van der Waals surface area contributed by atoms with E-state index in [-0.39, 0.29) is 18.2 Å². The van der Waals surface area contributed by atoms with E-state index in [1.807, 2.05) is 0 Å². The van der Waals surface area contributed by atoms with E-state index in [4.69, 9.17) is 31.2 Å². The summed E-state index contributed by atoms with van der Waals surface area (Å²) < 4.78 is 15.9. The first-order valence-corrected chi connectivity index (χ1v) is 7.63. The highest BCUT2D eigenvalue weighted by atomic mass is 35.5. The zero-order valence-corrected chi connectivity index (χ0v) is 13.4. The molecule has 0 radical (unpaired) electrons. The quantitative estimate of drug-likeness (QED) is 0.748. The number of primary amides is 1. The Morgan fingerprint density at radius 3 is 2.68 bits per heavy atom. The van der Waals surface area contributed by atoms with Crippen molar-refractivity contribution in [2.75, 3.05) is 12.1 Å². The summed E-state index contributed by atoms with van der Waals surface area (Å²) in [5.74, 6) is -0.360. The number of anilines is 1. The van der Waals surface area contributed by atoms with Crippen molar-refractivity contribution >= 4 is 40.1 Å². The Morgan fingerprint density at radius 1 is 1.08 bits per heavy atom. The zero-order valence-electron chi connectivity index (χ0n) is 12.7. The minimum absolute atomic E-state index is 0.108. The standard InChI is InChI=1S/C17H11ClN2O5/c18-9-2-4-11-10(6-9)14(15(25-11)16(19)21)20-17(22)8-1-3-12-13(5-8)24-7-23-12/h1-6H,7H2,(H2,19,21)(H,20,22). The van der Waals surface area contributed by atoms with Crippen LogP contribution < -0.4 is 20.5 Å². The summed E-state index contributed by atoms with van der Waals surface area (Å²) in [7, 11) is 0. The molecule has 1 aliphatic heterocycles. The Bertz CT molecular complexity index is 1030. The highest BCUT2D eigenvalue weighted by Crippen LogP contribution is 2.35. The molecule has 4 rings (SSSR count). The van der Waals surface area contributed by atoms with Gasteiger partial charge in [-0.3, -0.25) is 9.59 Å². The van der Waals surface area contributed by atoms with Crippen molar-refractivity contribution in [3.8, 4) is 11.5 Å². The second-order valence-corrected chi connectivity index (χ2v) is 5.77. The number of ether oxygens (including phenoxy) is 2. The number of amides is 2. The third-order valence-electron chi connectivity index (χ3n) is 3.75. The highest BCUT2D eigenvalue weighted by Gasteiger charge is 2.22. The minimum atomic E-state index is -0.798. The molecule has 0 saturated heterocycles. The van der Waals surface area contributed by atoms with Crippen LogP contribution in [0.25, 0.3) is 11.0 Å². The molecule has 3 N–H and O–H groups in total. The topological polar surface area (TPSA) is 104 Å². The maximum absolute atomic E-state index is 12.6. The van der Waals surface area contributed by atoms with Gasteiger partial charge in [-0.25, -0.2) is 0 Å². The monoisotopic (exact) mass is 358 g/mol. The number of nitrogens with two attached hydrogens (primary N) is 1. The lowest BCUT2D eigenvalue weighted by Crippen LogP contribution is -2.17. The lowest BCUT2D eigenvalue weighted by atomic mass is 10.1. The van der Waals surface area contributed by atoms with Crippen LogP contribution in [0.2, 0.25) is 5.02 Å². The molecule has 0 unspecified atom stereocenters. The van der Waals surface area contributed by atoms with Crippen LogP contribution in [0.15, 0.2) is 40.8 Å². The van der Waals surface area contributed by atoms with Gasteiger partial charge in [-0.15, -0.1) is 0 Å². The minimum Gasteiger partial charge on any atom is -0.454 e. The molecule has 0 saturated carbocycles. The fourth-order valence-corrected chi connectivity index (χ4v) is 2.76. The van der Waals surface area contributed by atoms with E-state index >= 15 is 0 Å². The molecular weight excluding hydrogens is 348 g/mol. The van der Waals surface area contributed by atoms with Crippen LogP contribution in [-0.4, -0.2) is 18.6 Å². The summed E-state index contributed by atoms with van der Waals surface area (Å²) in [6.07, 6.45) is 0. The number of fused-ring (bicyclic) bond motifs is 2. The molecule has 25 heavy (non-hydrogen) atoms. The van der Waals surface area contributed by atoms with E-state index in [1.165, 1.54) is 0 Å². The van der Waals surface area contributed by atoms with Gasteiger partial charge in [0.15, 0.2) is 11.5 Å². The number of carbonyl (C=O) groups excluding carboxylic acids is 2. The molecule has 1 aliphatic rings. The number of benzene rings is 2. The van der Waals surface area contributed by atoms with E-state index in [9.17, 15) is 9.59 Å². The Hall–Kier alpha value is -3.19. The predicted molar refractivity (Wildman–Crippen MR) is 90.3 cm³/mol.